The molecule has 1 atom stereocenters. The van der Waals surface area contributed by atoms with Crippen LogP contribution in [0.4, 0.5) is 0 Å². The smallest absolute Gasteiger partial charge is 0.229 e. The number of methoxy groups -OCH3 is 1. The van der Waals surface area contributed by atoms with Gasteiger partial charge in [-0.1, -0.05) is 12.1 Å². The number of hydrogen-bond acceptors (Lipinski definition) is 2. The summed E-state index contributed by atoms with van der Waals surface area (Å²) in [5, 5.41) is 2.84. The lowest BCUT2D eigenvalue weighted by molar-refractivity contribution is -0.125. The fourth-order valence-electron chi connectivity index (χ4n) is 1.81. The molecule has 0 saturated heterocycles. The highest BCUT2D eigenvalue weighted by molar-refractivity contribution is 6.53. The van der Waals surface area contributed by atoms with Crippen molar-refractivity contribution >= 4 is 29.1 Å². The van der Waals surface area contributed by atoms with E-state index in [0.29, 0.717) is 13.0 Å². The summed E-state index contributed by atoms with van der Waals surface area (Å²) in [6, 6.07) is 7.54. The van der Waals surface area contributed by atoms with Gasteiger partial charge in [0.15, 0.2) is 0 Å². The lowest BCUT2D eigenvalue weighted by atomic mass is 10.1. The molecule has 3 nitrogen and oxygen atoms in total. The van der Waals surface area contributed by atoms with Gasteiger partial charge in [-0.05, 0) is 31.0 Å². The molecule has 0 heterocycles. The zero-order chi connectivity index (χ0) is 13.4. The lowest BCUT2D eigenvalue weighted by Gasteiger charge is -2.13. The normalized spacial score (nSPS) is 24.4. The first-order valence-corrected chi connectivity index (χ1v) is 6.44. The van der Waals surface area contributed by atoms with Crippen molar-refractivity contribution in [3.8, 4) is 5.75 Å². The molecule has 1 aliphatic carbocycles. The zero-order valence-corrected chi connectivity index (χ0v) is 11.8. The molecule has 0 aromatic heterocycles. The Morgan fingerprint density at radius 3 is 2.72 bits per heavy atom. The number of halogens is 2. The molecular weight excluding hydrogens is 273 g/mol. The third kappa shape index (κ3) is 2.43. The Morgan fingerprint density at radius 1 is 1.50 bits per heavy atom. The van der Waals surface area contributed by atoms with Gasteiger partial charge >= 0.3 is 0 Å². The van der Waals surface area contributed by atoms with Crippen molar-refractivity contribution in [2.45, 2.75) is 24.2 Å². The first kappa shape index (κ1) is 13.5. The number of ether oxygens (including phenoxy) is 1. The van der Waals surface area contributed by atoms with Gasteiger partial charge in [0.25, 0.3) is 0 Å². The molecule has 1 amide bonds. The second-order valence-corrected chi connectivity index (χ2v) is 6.23. The van der Waals surface area contributed by atoms with Gasteiger partial charge in [-0.2, -0.15) is 0 Å². The van der Waals surface area contributed by atoms with Crippen molar-refractivity contribution in [2.24, 2.45) is 5.41 Å². The molecule has 1 unspecified atom stereocenters. The van der Waals surface area contributed by atoms with Crippen LogP contribution in [0.2, 0.25) is 0 Å². The van der Waals surface area contributed by atoms with E-state index < -0.39 is 9.75 Å². The van der Waals surface area contributed by atoms with Crippen LogP contribution in [-0.4, -0.2) is 17.4 Å². The van der Waals surface area contributed by atoms with Crippen molar-refractivity contribution in [2.75, 3.05) is 7.11 Å². The van der Waals surface area contributed by atoms with E-state index in [2.05, 4.69) is 5.32 Å². The minimum Gasteiger partial charge on any atom is -0.497 e. The Balaban J connectivity index is 1.94. The van der Waals surface area contributed by atoms with E-state index >= 15 is 0 Å². The Hall–Kier alpha value is -0.930. The molecule has 0 bridgehead atoms. The van der Waals surface area contributed by atoms with Crippen LogP contribution in [0, 0.1) is 5.41 Å². The third-order valence-corrected chi connectivity index (χ3v) is 4.45. The van der Waals surface area contributed by atoms with Gasteiger partial charge in [0, 0.05) is 6.54 Å². The number of benzene rings is 1. The van der Waals surface area contributed by atoms with Gasteiger partial charge in [-0.15, -0.1) is 23.2 Å². The van der Waals surface area contributed by atoms with Gasteiger partial charge < -0.3 is 10.1 Å². The van der Waals surface area contributed by atoms with Gasteiger partial charge in [0.2, 0.25) is 5.91 Å². The molecule has 5 heteroatoms. The van der Waals surface area contributed by atoms with Crippen LogP contribution in [0.15, 0.2) is 24.3 Å². The van der Waals surface area contributed by atoms with Crippen molar-refractivity contribution in [1.82, 2.24) is 5.32 Å². The van der Waals surface area contributed by atoms with Gasteiger partial charge in [-0.25, -0.2) is 0 Å². The highest BCUT2D eigenvalue weighted by Gasteiger charge is 2.67. The summed E-state index contributed by atoms with van der Waals surface area (Å²) in [5.41, 5.74) is 0.302. The van der Waals surface area contributed by atoms with Crippen molar-refractivity contribution < 1.29 is 9.53 Å². The summed E-state index contributed by atoms with van der Waals surface area (Å²) in [6.07, 6.45) is 0.493. The SMILES string of the molecule is COc1cccc(CNC(=O)C2(C)CC2(Cl)Cl)c1. The molecular formula is C13H15Cl2NO2. The molecule has 1 fully saturated rings. The Morgan fingerprint density at radius 2 is 2.17 bits per heavy atom. The van der Waals surface area contributed by atoms with Crippen LogP contribution in [0.1, 0.15) is 18.9 Å². The Kier molecular flexibility index (Phi) is 3.47. The number of nitrogens with one attached hydrogen (secondary N) is 1. The molecule has 98 valence electrons. The monoisotopic (exact) mass is 287 g/mol. The fraction of sp³-hybridized carbons (Fsp3) is 0.462. The van der Waals surface area contributed by atoms with E-state index in [1.165, 1.54) is 0 Å². The second-order valence-electron chi connectivity index (χ2n) is 4.75. The predicted octanol–water partition coefficient (Wildman–Crippen LogP) is 2.90. The molecule has 1 aromatic rings. The van der Waals surface area contributed by atoms with Crippen molar-refractivity contribution in [1.29, 1.82) is 0 Å². The minimum absolute atomic E-state index is 0.115. The van der Waals surface area contributed by atoms with E-state index in [9.17, 15) is 4.79 Å². The second kappa shape index (κ2) is 4.63. The van der Waals surface area contributed by atoms with Crippen molar-refractivity contribution in [3.63, 3.8) is 0 Å². The highest BCUT2D eigenvalue weighted by atomic mass is 35.5. The van der Waals surface area contributed by atoms with Crippen LogP contribution >= 0.6 is 23.2 Å². The predicted molar refractivity (Wildman–Crippen MR) is 72.0 cm³/mol. The summed E-state index contributed by atoms with van der Waals surface area (Å²) in [4.78, 5) is 12.0. The first-order chi connectivity index (χ1) is 8.39. The van der Waals surface area contributed by atoms with Crippen LogP contribution in [0.25, 0.3) is 0 Å². The first-order valence-electron chi connectivity index (χ1n) is 5.68. The summed E-state index contributed by atoms with van der Waals surface area (Å²) < 4.78 is 4.19. The van der Waals surface area contributed by atoms with Crippen LogP contribution in [-0.2, 0) is 11.3 Å². The molecule has 0 spiro atoms. The van der Waals surface area contributed by atoms with Crippen molar-refractivity contribution in [3.05, 3.63) is 29.8 Å². The maximum absolute atomic E-state index is 12.0. The van der Waals surface area contributed by atoms with E-state index in [4.69, 9.17) is 27.9 Å². The number of carbonyl (C=O) groups is 1. The number of hydrogen-bond donors (Lipinski definition) is 1. The molecule has 1 aromatic carbocycles. The summed E-state index contributed by atoms with van der Waals surface area (Å²) in [6.45, 7) is 2.21. The summed E-state index contributed by atoms with van der Waals surface area (Å²) in [7, 11) is 1.61. The molecule has 1 N–H and O–H groups in total. The van der Waals surface area contributed by atoms with Crippen LogP contribution < -0.4 is 10.1 Å². The highest BCUT2D eigenvalue weighted by Crippen LogP contribution is 2.63. The largest absolute Gasteiger partial charge is 0.497 e. The van der Waals surface area contributed by atoms with Gasteiger partial charge in [0.05, 0.1) is 12.5 Å². The molecule has 1 saturated carbocycles. The average molecular weight is 288 g/mol. The molecule has 2 rings (SSSR count). The van der Waals surface area contributed by atoms with E-state index in [-0.39, 0.29) is 5.91 Å². The molecule has 1 aliphatic rings. The van der Waals surface area contributed by atoms with Gasteiger partial charge in [-0.3, -0.25) is 4.79 Å². The molecule has 18 heavy (non-hydrogen) atoms. The van der Waals surface area contributed by atoms with Crippen LogP contribution in [0.5, 0.6) is 5.75 Å². The number of carbonyl (C=O) groups excluding carboxylic acids is 1. The van der Waals surface area contributed by atoms with E-state index in [1.807, 2.05) is 24.3 Å². The molecule has 0 radical (unpaired) electrons. The topological polar surface area (TPSA) is 38.3 Å². The fourth-order valence-corrected chi connectivity index (χ4v) is 2.51. The number of rotatable bonds is 4. The quantitative estimate of drug-likeness (QED) is 0.865. The Labute approximate surface area is 116 Å². The summed E-state index contributed by atoms with van der Waals surface area (Å²) in [5.74, 6) is 0.652. The maximum atomic E-state index is 12.0. The number of alkyl halides is 2. The van der Waals surface area contributed by atoms with E-state index in [1.54, 1.807) is 14.0 Å². The molecule has 0 aliphatic heterocycles. The standard InChI is InChI=1S/C13H15Cl2NO2/c1-12(8-13(12,14)15)11(17)16-7-9-4-3-5-10(6-9)18-2/h3-6H,7-8H2,1-2H3,(H,16,17). The van der Waals surface area contributed by atoms with Gasteiger partial charge in [0.1, 0.15) is 10.1 Å². The van der Waals surface area contributed by atoms with Crippen LogP contribution in [0.3, 0.4) is 0 Å². The maximum Gasteiger partial charge on any atom is 0.229 e. The Bertz CT molecular complexity index is 476. The lowest BCUT2D eigenvalue weighted by Crippen LogP contribution is -2.32. The number of amides is 1. The zero-order valence-electron chi connectivity index (χ0n) is 10.3. The summed E-state index contributed by atoms with van der Waals surface area (Å²) >= 11 is 11.9. The average Bonchev–Trinajstić information content (AvgIpc) is 2.87. The minimum atomic E-state index is -0.925. The third-order valence-electron chi connectivity index (χ3n) is 3.35. The van der Waals surface area contributed by atoms with E-state index in [0.717, 1.165) is 11.3 Å².